The molecule has 0 amide bonds. The molecule has 0 bridgehead atoms. The standard InChI is InChI=1S/C18H22N2/c19-13-12-15-8-10-17(11-9-15)20-14-4-3-6-16-5-1-2-7-18(16)20/h1-2,5,7-11H,3-4,6,12-14,19H2. The van der Waals surface area contributed by atoms with Gasteiger partial charge in [-0.15, -0.1) is 0 Å². The van der Waals surface area contributed by atoms with Crippen molar-refractivity contribution in [2.24, 2.45) is 5.73 Å². The van der Waals surface area contributed by atoms with E-state index in [1.54, 1.807) is 0 Å². The molecule has 0 radical (unpaired) electrons. The van der Waals surface area contributed by atoms with E-state index in [2.05, 4.69) is 53.4 Å². The lowest BCUT2D eigenvalue weighted by molar-refractivity contribution is 0.761. The zero-order valence-corrected chi connectivity index (χ0v) is 11.9. The van der Waals surface area contributed by atoms with Crippen molar-refractivity contribution < 1.29 is 0 Å². The van der Waals surface area contributed by atoms with Gasteiger partial charge in [0.15, 0.2) is 0 Å². The largest absolute Gasteiger partial charge is 0.341 e. The molecule has 3 rings (SSSR count). The molecule has 0 atom stereocenters. The Kier molecular flexibility index (Phi) is 4.03. The molecule has 2 nitrogen and oxygen atoms in total. The van der Waals surface area contributed by atoms with Gasteiger partial charge in [0, 0.05) is 17.9 Å². The third-order valence-corrected chi connectivity index (χ3v) is 4.04. The summed E-state index contributed by atoms with van der Waals surface area (Å²) in [6.07, 6.45) is 4.67. The van der Waals surface area contributed by atoms with Gasteiger partial charge in [-0.2, -0.15) is 0 Å². The summed E-state index contributed by atoms with van der Waals surface area (Å²) in [5, 5.41) is 0. The molecule has 2 heteroatoms. The van der Waals surface area contributed by atoms with Crippen molar-refractivity contribution in [3.63, 3.8) is 0 Å². The fourth-order valence-electron chi connectivity index (χ4n) is 2.97. The fraction of sp³-hybridized carbons (Fsp3) is 0.333. The van der Waals surface area contributed by atoms with Crippen molar-refractivity contribution in [2.75, 3.05) is 18.0 Å². The van der Waals surface area contributed by atoms with Crippen LogP contribution in [-0.4, -0.2) is 13.1 Å². The van der Waals surface area contributed by atoms with E-state index in [1.165, 1.54) is 41.8 Å². The third kappa shape index (κ3) is 2.70. The Morgan fingerprint density at radius 1 is 0.950 bits per heavy atom. The number of fused-ring (bicyclic) bond motifs is 1. The first kappa shape index (κ1) is 13.2. The van der Waals surface area contributed by atoms with Gasteiger partial charge in [-0.05, 0) is 61.6 Å². The van der Waals surface area contributed by atoms with Crippen molar-refractivity contribution in [1.82, 2.24) is 0 Å². The van der Waals surface area contributed by atoms with Crippen molar-refractivity contribution in [3.8, 4) is 0 Å². The Bertz CT molecular complexity index is 560. The van der Waals surface area contributed by atoms with Crippen molar-refractivity contribution in [1.29, 1.82) is 0 Å². The maximum Gasteiger partial charge on any atom is 0.0443 e. The highest BCUT2D eigenvalue weighted by Gasteiger charge is 2.15. The van der Waals surface area contributed by atoms with Crippen molar-refractivity contribution in [2.45, 2.75) is 25.7 Å². The third-order valence-electron chi connectivity index (χ3n) is 4.04. The van der Waals surface area contributed by atoms with Gasteiger partial charge in [0.25, 0.3) is 0 Å². The van der Waals surface area contributed by atoms with Crippen LogP contribution in [0.25, 0.3) is 0 Å². The molecular formula is C18H22N2. The number of nitrogens with two attached hydrogens (primary N) is 1. The molecule has 0 saturated heterocycles. The molecule has 2 N–H and O–H groups in total. The first-order chi connectivity index (χ1) is 9.88. The molecule has 0 aliphatic carbocycles. The second-order valence-corrected chi connectivity index (χ2v) is 5.44. The van der Waals surface area contributed by atoms with Crippen LogP contribution >= 0.6 is 0 Å². The Hall–Kier alpha value is -1.80. The molecule has 0 aromatic heterocycles. The minimum absolute atomic E-state index is 0.714. The second kappa shape index (κ2) is 6.10. The topological polar surface area (TPSA) is 29.3 Å². The molecule has 1 aliphatic rings. The van der Waals surface area contributed by atoms with Crippen LogP contribution in [-0.2, 0) is 12.8 Å². The lowest BCUT2D eigenvalue weighted by Gasteiger charge is -2.25. The molecule has 104 valence electrons. The summed E-state index contributed by atoms with van der Waals surface area (Å²) in [6.45, 7) is 1.82. The molecule has 2 aromatic carbocycles. The van der Waals surface area contributed by atoms with Gasteiger partial charge < -0.3 is 10.6 Å². The summed E-state index contributed by atoms with van der Waals surface area (Å²) in [7, 11) is 0. The van der Waals surface area contributed by atoms with Gasteiger partial charge in [-0.3, -0.25) is 0 Å². The summed E-state index contributed by atoms with van der Waals surface area (Å²) in [5.41, 5.74) is 11.1. The Labute approximate surface area is 121 Å². The second-order valence-electron chi connectivity index (χ2n) is 5.44. The predicted molar refractivity (Wildman–Crippen MR) is 85.6 cm³/mol. The molecular weight excluding hydrogens is 244 g/mol. The zero-order valence-electron chi connectivity index (χ0n) is 11.9. The minimum atomic E-state index is 0.714. The van der Waals surface area contributed by atoms with E-state index in [-0.39, 0.29) is 0 Å². The Morgan fingerprint density at radius 2 is 1.75 bits per heavy atom. The lowest BCUT2D eigenvalue weighted by atomic mass is 10.1. The number of hydrogen-bond acceptors (Lipinski definition) is 2. The zero-order chi connectivity index (χ0) is 13.8. The van der Waals surface area contributed by atoms with Crippen molar-refractivity contribution in [3.05, 3.63) is 59.7 Å². The number of anilines is 2. The fourth-order valence-corrected chi connectivity index (χ4v) is 2.97. The maximum absolute atomic E-state index is 5.61. The van der Waals surface area contributed by atoms with Crippen LogP contribution in [0, 0.1) is 0 Å². The van der Waals surface area contributed by atoms with Crippen molar-refractivity contribution >= 4 is 11.4 Å². The number of aryl methyl sites for hydroxylation is 1. The van der Waals surface area contributed by atoms with E-state index in [1.807, 2.05) is 0 Å². The van der Waals surface area contributed by atoms with Gasteiger partial charge in [0.05, 0.1) is 0 Å². The number of benzene rings is 2. The molecule has 1 heterocycles. The monoisotopic (exact) mass is 266 g/mol. The smallest absolute Gasteiger partial charge is 0.0443 e. The average molecular weight is 266 g/mol. The van der Waals surface area contributed by atoms with Crippen LogP contribution in [0.2, 0.25) is 0 Å². The summed E-state index contributed by atoms with van der Waals surface area (Å²) >= 11 is 0. The van der Waals surface area contributed by atoms with Gasteiger partial charge in [-0.25, -0.2) is 0 Å². The molecule has 0 unspecified atom stereocenters. The van der Waals surface area contributed by atoms with E-state index in [4.69, 9.17) is 5.73 Å². The Morgan fingerprint density at radius 3 is 2.55 bits per heavy atom. The van der Waals surface area contributed by atoms with E-state index < -0.39 is 0 Å². The van der Waals surface area contributed by atoms with E-state index in [0.29, 0.717) is 6.54 Å². The lowest BCUT2D eigenvalue weighted by Crippen LogP contribution is -2.17. The highest BCUT2D eigenvalue weighted by molar-refractivity contribution is 5.67. The highest BCUT2D eigenvalue weighted by atomic mass is 15.1. The first-order valence-corrected chi connectivity index (χ1v) is 7.53. The molecule has 1 aliphatic heterocycles. The van der Waals surface area contributed by atoms with E-state index in [0.717, 1.165) is 13.0 Å². The van der Waals surface area contributed by atoms with Crippen LogP contribution in [0.1, 0.15) is 24.0 Å². The summed E-state index contributed by atoms with van der Waals surface area (Å²) in [5.74, 6) is 0. The quantitative estimate of drug-likeness (QED) is 0.918. The summed E-state index contributed by atoms with van der Waals surface area (Å²) in [6, 6.07) is 17.7. The van der Waals surface area contributed by atoms with Gasteiger partial charge in [0.1, 0.15) is 0 Å². The van der Waals surface area contributed by atoms with E-state index in [9.17, 15) is 0 Å². The number of rotatable bonds is 3. The molecule has 0 spiro atoms. The van der Waals surface area contributed by atoms with Gasteiger partial charge in [-0.1, -0.05) is 30.3 Å². The van der Waals surface area contributed by atoms with Crippen LogP contribution in [0.4, 0.5) is 11.4 Å². The maximum atomic E-state index is 5.61. The van der Waals surface area contributed by atoms with Crippen LogP contribution in [0.5, 0.6) is 0 Å². The molecule has 0 saturated carbocycles. The molecule has 20 heavy (non-hydrogen) atoms. The van der Waals surface area contributed by atoms with Crippen LogP contribution in [0.15, 0.2) is 48.5 Å². The summed E-state index contributed by atoms with van der Waals surface area (Å²) < 4.78 is 0. The minimum Gasteiger partial charge on any atom is -0.341 e. The number of hydrogen-bond donors (Lipinski definition) is 1. The van der Waals surface area contributed by atoms with Crippen LogP contribution < -0.4 is 10.6 Å². The molecule has 0 fully saturated rings. The predicted octanol–water partition coefficient (Wildman–Crippen LogP) is 3.66. The Balaban J connectivity index is 1.92. The van der Waals surface area contributed by atoms with Gasteiger partial charge >= 0.3 is 0 Å². The SMILES string of the molecule is NCCc1ccc(N2CCCCc3ccccc32)cc1. The average Bonchev–Trinajstić information content (AvgIpc) is 2.71. The number of para-hydroxylation sites is 1. The van der Waals surface area contributed by atoms with Crippen LogP contribution in [0.3, 0.4) is 0 Å². The summed E-state index contributed by atoms with van der Waals surface area (Å²) in [4.78, 5) is 2.45. The normalized spacial score (nSPS) is 14.8. The first-order valence-electron chi connectivity index (χ1n) is 7.53. The number of nitrogens with zero attached hydrogens (tertiary/aromatic N) is 1. The van der Waals surface area contributed by atoms with E-state index >= 15 is 0 Å². The molecule has 2 aromatic rings. The highest BCUT2D eigenvalue weighted by Crippen LogP contribution is 2.32. The van der Waals surface area contributed by atoms with Gasteiger partial charge in [0.2, 0.25) is 0 Å².